The largest absolute Gasteiger partial charge is 0.348 e. The number of nitrogens with zero attached hydrogens (tertiary/aromatic N) is 4. The van der Waals surface area contributed by atoms with E-state index in [1.54, 1.807) is 36.3 Å². The summed E-state index contributed by atoms with van der Waals surface area (Å²) in [6.07, 6.45) is 3.89. The normalized spacial score (nSPS) is 11.4. The van der Waals surface area contributed by atoms with E-state index in [-0.39, 0.29) is 5.91 Å². The molecule has 0 aliphatic heterocycles. The zero-order valence-corrected chi connectivity index (χ0v) is 16.0. The first-order valence-corrected chi connectivity index (χ1v) is 9.32. The molecule has 27 heavy (non-hydrogen) atoms. The Bertz CT molecular complexity index is 1000. The first-order chi connectivity index (χ1) is 13.1. The molecule has 3 rings (SSSR count). The standard InChI is InChI=1S/C19H20N6OS/c1-3-16(21-2)25-19(20)27-18(24-25)14-8-6-13(7-9-14)11-23-17(26)15-5-4-10-22-12-15/h4-10,12,20H,3,11H2,1-2H3,(H,23,26)/b20-19?,21-16-. The van der Waals surface area contributed by atoms with Crippen molar-refractivity contribution in [2.24, 2.45) is 4.99 Å². The number of nitrogens with one attached hydrogen (secondary N) is 2. The van der Waals surface area contributed by atoms with Crippen molar-refractivity contribution in [1.82, 2.24) is 20.1 Å². The van der Waals surface area contributed by atoms with Crippen LogP contribution in [0.15, 0.2) is 53.8 Å². The first kappa shape index (κ1) is 18.7. The first-order valence-electron chi connectivity index (χ1n) is 8.50. The number of hydrogen-bond acceptors (Lipinski definition) is 6. The van der Waals surface area contributed by atoms with E-state index < -0.39 is 0 Å². The Morgan fingerprint density at radius 3 is 2.70 bits per heavy atom. The average molecular weight is 380 g/mol. The zero-order valence-electron chi connectivity index (χ0n) is 15.1. The van der Waals surface area contributed by atoms with E-state index in [0.717, 1.165) is 22.0 Å². The van der Waals surface area contributed by atoms with Gasteiger partial charge in [-0.3, -0.25) is 20.2 Å². The average Bonchev–Trinajstić information content (AvgIpc) is 3.10. The van der Waals surface area contributed by atoms with Crippen LogP contribution in [0.5, 0.6) is 0 Å². The van der Waals surface area contributed by atoms with Crippen molar-refractivity contribution in [3.05, 3.63) is 64.7 Å². The Balaban J connectivity index is 1.70. The third-order valence-electron chi connectivity index (χ3n) is 3.97. The second kappa shape index (κ2) is 8.50. The highest BCUT2D eigenvalue weighted by Gasteiger charge is 2.10. The molecule has 0 aliphatic rings. The van der Waals surface area contributed by atoms with Crippen molar-refractivity contribution in [1.29, 1.82) is 5.41 Å². The Kier molecular flexibility index (Phi) is 5.87. The molecule has 2 aromatic heterocycles. The highest BCUT2D eigenvalue weighted by Crippen LogP contribution is 2.20. The van der Waals surface area contributed by atoms with Gasteiger partial charge in [-0.2, -0.15) is 9.78 Å². The van der Waals surface area contributed by atoms with Crippen molar-refractivity contribution in [3.63, 3.8) is 0 Å². The van der Waals surface area contributed by atoms with Gasteiger partial charge in [0.15, 0.2) is 0 Å². The van der Waals surface area contributed by atoms with Crippen LogP contribution in [0.1, 0.15) is 29.3 Å². The molecule has 8 heteroatoms. The predicted octanol–water partition coefficient (Wildman–Crippen LogP) is 2.70. The molecule has 0 unspecified atom stereocenters. The van der Waals surface area contributed by atoms with Crippen LogP contribution in [0.2, 0.25) is 0 Å². The lowest BCUT2D eigenvalue weighted by atomic mass is 10.1. The van der Waals surface area contributed by atoms with Gasteiger partial charge in [-0.05, 0) is 17.7 Å². The van der Waals surface area contributed by atoms with Gasteiger partial charge in [-0.1, -0.05) is 42.5 Å². The summed E-state index contributed by atoms with van der Waals surface area (Å²) < 4.78 is 1.57. The summed E-state index contributed by atoms with van der Waals surface area (Å²) in [5.41, 5.74) is 2.45. The van der Waals surface area contributed by atoms with Gasteiger partial charge in [0.2, 0.25) is 4.80 Å². The van der Waals surface area contributed by atoms with E-state index >= 15 is 0 Å². The summed E-state index contributed by atoms with van der Waals surface area (Å²) in [5, 5.41) is 16.2. The Morgan fingerprint density at radius 2 is 2.07 bits per heavy atom. The van der Waals surface area contributed by atoms with Crippen LogP contribution >= 0.6 is 11.3 Å². The van der Waals surface area contributed by atoms with Crippen molar-refractivity contribution in [3.8, 4) is 10.6 Å². The van der Waals surface area contributed by atoms with Crippen LogP contribution in [-0.4, -0.2) is 33.6 Å². The van der Waals surface area contributed by atoms with Crippen LogP contribution < -0.4 is 10.1 Å². The lowest BCUT2D eigenvalue weighted by Gasteiger charge is -2.06. The van der Waals surface area contributed by atoms with Crippen LogP contribution in [0.25, 0.3) is 10.6 Å². The Morgan fingerprint density at radius 1 is 1.30 bits per heavy atom. The molecule has 1 aromatic carbocycles. The molecule has 1 amide bonds. The maximum atomic E-state index is 12.1. The monoisotopic (exact) mass is 380 g/mol. The number of carbonyl (C=O) groups excluding carboxylic acids is 1. The molecule has 0 aliphatic carbocycles. The number of hydrogen-bond donors (Lipinski definition) is 2. The molecule has 0 fully saturated rings. The molecule has 0 radical (unpaired) electrons. The van der Waals surface area contributed by atoms with Gasteiger partial charge in [0, 0.05) is 38.0 Å². The molecule has 0 atom stereocenters. The van der Waals surface area contributed by atoms with Crippen molar-refractivity contribution >= 4 is 23.1 Å². The van der Waals surface area contributed by atoms with Crippen molar-refractivity contribution in [2.75, 3.05) is 7.05 Å². The fourth-order valence-electron chi connectivity index (χ4n) is 2.53. The minimum Gasteiger partial charge on any atom is -0.348 e. The number of aliphatic imine (C=N–C) groups is 1. The maximum Gasteiger partial charge on any atom is 0.253 e. The van der Waals surface area contributed by atoms with E-state index in [1.807, 2.05) is 31.2 Å². The number of carbonyl (C=O) groups is 1. The predicted molar refractivity (Wildman–Crippen MR) is 106 cm³/mol. The van der Waals surface area contributed by atoms with E-state index in [4.69, 9.17) is 5.41 Å². The van der Waals surface area contributed by atoms with E-state index in [2.05, 4.69) is 20.4 Å². The lowest BCUT2D eigenvalue weighted by molar-refractivity contribution is 0.0950. The molecule has 7 nitrogen and oxygen atoms in total. The number of benzene rings is 1. The Hall–Kier alpha value is -3.13. The second-order valence-corrected chi connectivity index (χ2v) is 6.72. The Labute approximate surface area is 161 Å². The number of rotatable bonds is 5. The highest BCUT2D eigenvalue weighted by atomic mass is 32.1. The van der Waals surface area contributed by atoms with Crippen LogP contribution in [0.4, 0.5) is 0 Å². The van der Waals surface area contributed by atoms with Gasteiger partial charge >= 0.3 is 0 Å². The molecule has 0 saturated carbocycles. The van der Waals surface area contributed by atoms with E-state index in [9.17, 15) is 4.79 Å². The minimum atomic E-state index is -0.155. The van der Waals surface area contributed by atoms with Crippen molar-refractivity contribution < 1.29 is 4.79 Å². The van der Waals surface area contributed by atoms with E-state index in [1.165, 1.54) is 11.3 Å². The summed E-state index contributed by atoms with van der Waals surface area (Å²) in [7, 11) is 1.71. The van der Waals surface area contributed by atoms with E-state index in [0.29, 0.717) is 23.3 Å². The van der Waals surface area contributed by atoms with Gasteiger partial charge in [0.1, 0.15) is 10.8 Å². The van der Waals surface area contributed by atoms with Crippen LogP contribution in [0, 0.1) is 5.41 Å². The molecule has 3 aromatic rings. The van der Waals surface area contributed by atoms with Gasteiger partial charge in [-0.15, -0.1) is 0 Å². The number of pyridine rings is 1. The maximum absolute atomic E-state index is 12.1. The molecule has 2 N–H and O–H groups in total. The van der Waals surface area contributed by atoms with Gasteiger partial charge in [-0.25, -0.2) is 0 Å². The number of amides is 1. The van der Waals surface area contributed by atoms with Gasteiger partial charge in [0.05, 0.1) is 5.56 Å². The lowest BCUT2D eigenvalue weighted by Crippen LogP contribution is -2.23. The molecule has 138 valence electrons. The molecule has 0 bridgehead atoms. The molecule has 0 saturated heterocycles. The molecule has 0 spiro atoms. The minimum absolute atomic E-state index is 0.155. The van der Waals surface area contributed by atoms with Crippen LogP contribution in [-0.2, 0) is 6.54 Å². The smallest absolute Gasteiger partial charge is 0.253 e. The summed E-state index contributed by atoms with van der Waals surface area (Å²) in [4.78, 5) is 20.6. The summed E-state index contributed by atoms with van der Waals surface area (Å²) in [5.74, 6) is 0.607. The van der Waals surface area contributed by atoms with Crippen molar-refractivity contribution in [2.45, 2.75) is 19.9 Å². The fraction of sp³-hybridized carbons (Fsp3) is 0.211. The zero-order chi connectivity index (χ0) is 19.2. The molecular formula is C19H20N6OS. The summed E-state index contributed by atoms with van der Waals surface area (Å²) in [6, 6.07) is 11.3. The van der Waals surface area contributed by atoms with Crippen LogP contribution in [0.3, 0.4) is 0 Å². The summed E-state index contributed by atoms with van der Waals surface area (Å²) >= 11 is 1.31. The molecule has 2 heterocycles. The van der Waals surface area contributed by atoms with Gasteiger partial charge < -0.3 is 5.32 Å². The topological polar surface area (TPSA) is 96.0 Å². The quantitative estimate of drug-likeness (QED) is 0.526. The van der Waals surface area contributed by atoms with Gasteiger partial charge in [0.25, 0.3) is 5.91 Å². The third kappa shape index (κ3) is 4.35. The summed E-state index contributed by atoms with van der Waals surface area (Å²) in [6.45, 7) is 2.42. The fourth-order valence-corrected chi connectivity index (χ4v) is 3.32. The molecular weight excluding hydrogens is 360 g/mol. The highest BCUT2D eigenvalue weighted by molar-refractivity contribution is 7.12. The number of aromatic nitrogens is 3. The second-order valence-electron chi connectivity index (χ2n) is 5.74. The SMILES string of the molecule is CC/C(=N/C)n1nc(-c2ccc(CNC(=O)c3cccnc3)cc2)sc1=N. The third-order valence-corrected chi connectivity index (χ3v) is 4.85.